The lowest BCUT2D eigenvalue weighted by Crippen LogP contribution is -2.47. The van der Waals surface area contributed by atoms with Gasteiger partial charge in [-0.2, -0.15) is 0 Å². The third-order valence-corrected chi connectivity index (χ3v) is 9.38. The van der Waals surface area contributed by atoms with Gasteiger partial charge in [-0.3, -0.25) is 0 Å². The van der Waals surface area contributed by atoms with E-state index in [0.29, 0.717) is 11.1 Å². The van der Waals surface area contributed by atoms with Gasteiger partial charge in [0.05, 0.1) is 0 Å². The summed E-state index contributed by atoms with van der Waals surface area (Å²) in [6.45, 7) is 11.5. The quantitative estimate of drug-likeness (QED) is 0.696. The molecule has 0 atom stereocenters. The van der Waals surface area contributed by atoms with Gasteiger partial charge in [0, 0.05) is 6.04 Å². The SMILES string of the molecule is Cc1ccc2c(c1)C[Si](C(C)C)(C(C)C)O2. The Morgan fingerprint density at radius 1 is 1.12 bits per heavy atom. The van der Waals surface area contributed by atoms with Crippen LogP contribution in [0.5, 0.6) is 5.75 Å². The highest BCUT2D eigenvalue weighted by Crippen LogP contribution is 2.44. The number of hydrogen-bond donors (Lipinski definition) is 0. The van der Waals surface area contributed by atoms with Gasteiger partial charge in [-0.1, -0.05) is 45.4 Å². The van der Waals surface area contributed by atoms with E-state index in [4.69, 9.17) is 4.43 Å². The average Bonchev–Trinajstić information content (AvgIpc) is 2.57. The van der Waals surface area contributed by atoms with E-state index in [2.05, 4.69) is 52.8 Å². The molecule has 1 aliphatic heterocycles. The topological polar surface area (TPSA) is 9.23 Å². The molecular formula is C14H22OSi. The predicted octanol–water partition coefficient (Wildman–Crippen LogP) is 4.23. The van der Waals surface area contributed by atoms with Crippen molar-refractivity contribution in [3.63, 3.8) is 0 Å². The Kier molecular flexibility index (Phi) is 2.87. The zero-order chi connectivity index (χ0) is 11.9. The van der Waals surface area contributed by atoms with E-state index < -0.39 is 8.32 Å². The van der Waals surface area contributed by atoms with Crippen LogP contribution in [0, 0.1) is 6.92 Å². The van der Waals surface area contributed by atoms with E-state index >= 15 is 0 Å². The van der Waals surface area contributed by atoms with Gasteiger partial charge in [0.1, 0.15) is 5.75 Å². The highest BCUT2D eigenvalue weighted by Gasteiger charge is 2.48. The standard InChI is InChI=1S/C14H22OSi/c1-10(2)16(11(3)4)9-13-8-12(5)6-7-14(13)15-16/h6-8,10-11H,9H2,1-5H3. The van der Waals surface area contributed by atoms with Gasteiger partial charge in [0.25, 0.3) is 8.32 Å². The first-order chi connectivity index (χ1) is 7.45. The fourth-order valence-electron chi connectivity index (χ4n) is 2.80. The van der Waals surface area contributed by atoms with Crippen LogP contribution in [-0.4, -0.2) is 8.32 Å². The molecule has 0 saturated heterocycles. The third kappa shape index (κ3) is 1.69. The van der Waals surface area contributed by atoms with Crippen molar-refractivity contribution in [3.8, 4) is 5.75 Å². The Labute approximate surface area is 100.0 Å². The van der Waals surface area contributed by atoms with Crippen molar-refractivity contribution in [1.82, 2.24) is 0 Å². The molecule has 0 aliphatic carbocycles. The molecule has 1 nitrogen and oxygen atoms in total. The molecule has 1 aliphatic rings. The first kappa shape index (κ1) is 11.7. The molecule has 2 heteroatoms. The Morgan fingerprint density at radius 2 is 1.75 bits per heavy atom. The molecule has 1 heterocycles. The molecule has 0 unspecified atom stereocenters. The van der Waals surface area contributed by atoms with Crippen LogP contribution in [0.1, 0.15) is 38.8 Å². The van der Waals surface area contributed by atoms with E-state index in [1.165, 1.54) is 17.2 Å². The van der Waals surface area contributed by atoms with E-state index in [9.17, 15) is 0 Å². The van der Waals surface area contributed by atoms with Gasteiger partial charge in [-0.15, -0.1) is 0 Å². The van der Waals surface area contributed by atoms with Crippen LogP contribution >= 0.6 is 0 Å². The number of aryl methyl sites for hydroxylation is 1. The summed E-state index contributed by atoms with van der Waals surface area (Å²) < 4.78 is 6.41. The molecule has 2 rings (SSSR count). The van der Waals surface area contributed by atoms with Crippen LogP contribution in [0.25, 0.3) is 0 Å². The highest BCUT2D eigenvalue weighted by atomic mass is 28.4. The largest absolute Gasteiger partial charge is 0.542 e. The fraction of sp³-hybridized carbons (Fsp3) is 0.571. The molecule has 1 aromatic carbocycles. The molecule has 1 aromatic rings. The molecule has 0 saturated carbocycles. The normalized spacial score (nSPS) is 17.7. The summed E-state index contributed by atoms with van der Waals surface area (Å²) in [6, 6.07) is 7.81. The van der Waals surface area contributed by atoms with E-state index in [0.717, 1.165) is 5.75 Å². The second-order valence-corrected chi connectivity index (χ2v) is 10.4. The molecule has 16 heavy (non-hydrogen) atoms. The smallest absolute Gasteiger partial charge is 0.260 e. The lowest BCUT2D eigenvalue weighted by atomic mass is 10.1. The van der Waals surface area contributed by atoms with Crippen LogP contribution in [-0.2, 0) is 6.04 Å². The Bertz CT molecular complexity index is 388. The minimum Gasteiger partial charge on any atom is -0.542 e. The van der Waals surface area contributed by atoms with E-state index in [1.807, 2.05) is 0 Å². The van der Waals surface area contributed by atoms with Crippen molar-refractivity contribution < 1.29 is 4.43 Å². The van der Waals surface area contributed by atoms with Gasteiger partial charge >= 0.3 is 0 Å². The summed E-state index contributed by atoms with van der Waals surface area (Å²) in [5.41, 5.74) is 4.15. The lowest BCUT2D eigenvalue weighted by Gasteiger charge is -2.33. The molecule has 0 spiro atoms. The third-order valence-electron chi connectivity index (χ3n) is 3.94. The Hall–Kier alpha value is -0.763. The number of benzene rings is 1. The first-order valence-corrected chi connectivity index (χ1v) is 8.51. The summed E-state index contributed by atoms with van der Waals surface area (Å²) in [5, 5.41) is 0. The van der Waals surface area contributed by atoms with Gasteiger partial charge < -0.3 is 4.43 Å². The Morgan fingerprint density at radius 3 is 2.31 bits per heavy atom. The molecular weight excluding hydrogens is 212 g/mol. The molecule has 0 aromatic heterocycles. The molecule has 0 radical (unpaired) electrons. The van der Waals surface area contributed by atoms with Crippen molar-refractivity contribution in [2.24, 2.45) is 0 Å². The van der Waals surface area contributed by atoms with Crippen molar-refractivity contribution in [1.29, 1.82) is 0 Å². The summed E-state index contributed by atoms with van der Waals surface area (Å²) in [4.78, 5) is 0. The second kappa shape index (κ2) is 3.92. The summed E-state index contributed by atoms with van der Waals surface area (Å²) in [6.07, 6.45) is 0. The molecule has 0 fully saturated rings. The molecule has 0 amide bonds. The maximum atomic E-state index is 6.41. The zero-order valence-corrected chi connectivity index (χ0v) is 12.0. The van der Waals surface area contributed by atoms with Crippen LogP contribution in [0.3, 0.4) is 0 Å². The van der Waals surface area contributed by atoms with E-state index in [1.54, 1.807) is 0 Å². The van der Waals surface area contributed by atoms with Gasteiger partial charge in [0.15, 0.2) is 0 Å². The highest BCUT2D eigenvalue weighted by molar-refractivity contribution is 6.77. The maximum absolute atomic E-state index is 6.41. The van der Waals surface area contributed by atoms with Gasteiger partial charge in [-0.25, -0.2) is 0 Å². The number of rotatable bonds is 2. The fourth-order valence-corrected chi connectivity index (χ4v) is 6.97. The Balaban J connectivity index is 2.39. The van der Waals surface area contributed by atoms with Crippen LogP contribution < -0.4 is 4.43 Å². The van der Waals surface area contributed by atoms with Crippen LogP contribution in [0.2, 0.25) is 11.1 Å². The van der Waals surface area contributed by atoms with Crippen LogP contribution in [0.15, 0.2) is 18.2 Å². The minimum atomic E-state index is -1.61. The molecule has 0 N–H and O–H groups in total. The summed E-state index contributed by atoms with van der Waals surface area (Å²) in [7, 11) is -1.61. The van der Waals surface area contributed by atoms with Crippen molar-refractivity contribution >= 4 is 8.32 Å². The number of hydrogen-bond acceptors (Lipinski definition) is 1. The molecule has 0 bridgehead atoms. The summed E-state index contributed by atoms with van der Waals surface area (Å²) in [5.74, 6) is 1.15. The zero-order valence-electron chi connectivity index (χ0n) is 11.0. The minimum absolute atomic E-state index is 0.681. The van der Waals surface area contributed by atoms with Crippen molar-refractivity contribution in [3.05, 3.63) is 29.3 Å². The average molecular weight is 234 g/mol. The van der Waals surface area contributed by atoms with E-state index in [-0.39, 0.29) is 0 Å². The monoisotopic (exact) mass is 234 g/mol. The van der Waals surface area contributed by atoms with Gasteiger partial charge in [0.2, 0.25) is 0 Å². The second-order valence-electron chi connectivity index (χ2n) is 5.65. The van der Waals surface area contributed by atoms with Crippen molar-refractivity contribution in [2.45, 2.75) is 51.7 Å². The lowest BCUT2D eigenvalue weighted by molar-refractivity contribution is 0.520. The van der Waals surface area contributed by atoms with Gasteiger partial charge in [-0.05, 0) is 29.6 Å². The van der Waals surface area contributed by atoms with Crippen molar-refractivity contribution in [2.75, 3.05) is 0 Å². The predicted molar refractivity (Wildman–Crippen MR) is 71.5 cm³/mol. The summed E-state index contributed by atoms with van der Waals surface area (Å²) >= 11 is 0. The first-order valence-electron chi connectivity index (χ1n) is 6.24. The van der Waals surface area contributed by atoms with Crippen LogP contribution in [0.4, 0.5) is 0 Å². The molecule has 88 valence electrons. The number of fused-ring (bicyclic) bond motifs is 1. The maximum Gasteiger partial charge on any atom is 0.260 e.